The zero-order chi connectivity index (χ0) is 16.8. The fraction of sp³-hybridized carbons (Fsp3) is 0.583. The molecule has 148 valence electrons. The molecule has 2 saturated carbocycles. The zero-order valence-corrected chi connectivity index (χ0v) is 23.7. The minimum absolute atomic E-state index is 0. The number of halogens is 2. The Balaban J connectivity index is 0.000000451. The maximum Gasteiger partial charge on any atom is 4.00 e. The van der Waals surface area contributed by atoms with Gasteiger partial charge >= 0.3 is 26.2 Å². The second kappa shape index (κ2) is 14.9. The van der Waals surface area contributed by atoms with E-state index < -0.39 is 0 Å². The molecule has 2 atom stereocenters. The van der Waals surface area contributed by atoms with Gasteiger partial charge in [-0.2, -0.15) is 0 Å². The van der Waals surface area contributed by atoms with Crippen LogP contribution in [-0.2, 0) is 26.2 Å². The monoisotopic (exact) mass is 666 g/mol. The third-order valence-electron chi connectivity index (χ3n) is 6.05. The molecule has 0 aromatic carbocycles. The SMILES string of the molecule is CCC[C-]1CCC2CC=CC=C12.CCC[C-]1CCC2CC=CC=C12.[I-].[I-].[Zr+4]. The normalized spacial score (nSPS) is 24.2. The Morgan fingerprint density at radius 2 is 1.19 bits per heavy atom. The van der Waals surface area contributed by atoms with Gasteiger partial charge in [0.2, 0.25) is 0 Å². The van der Waals surface area contributed by atoms with E-state index in [1.54, 1.807) is 23.0 Å². The Morgan fingerprint density at radius 3 is 1.56 bits per heavy atom. The van der Waals surface area contributed by atoms with Gasteiger partial charge in [0.1, 0.15) is 0 Å². The molecular weight excluding hydrogens is 633 g/mol. The minimum atomic E-state index is 0. The van der Waals surface area contributed by atoms with Crippen LogP contribution in [0, 0.1) is 23.7 Å². The Bertz CT molecular complexity index is 480. The van der Waals surface area contributed by atoms with Crippen molar-refractivity contribution >= 4 is 0 Å². The molecule has 0 aliphatic heterocycles. The van der Waals surface area contributed by atoms with E-state index in [0.29, 0.717) is 0 Å². The Kier molecular flexibility index (Phi) is 15.5. The van der Waals surface area contributed by atoms with Crippen LogP contribution in [0.2, 0.25) is 0 Å². The van der Waals surface area contributed by atoms with Gasteiger partial charge in [-0.15, -0.1) is 24.3 Å². The first-order valence-electron chi connectivity index (χ1n) is 10.3. The fourth-order valence-corrected chi connectivity index (χ4v) is 4.84. The van der Waals surface area contributed by atoms with Gasteiger partial charge < -0.3 is 48.0 Å². The van der Waals surface area contributed by atoms with E-state index in [-0.39, 0.29) is 74.2 Å². The van der Waals surface area contributed by atoms with Crippen molar-refractivity contribution in [3.8, 4) is 0 Å². The number of allylic oxidation sites excluding steroid dienone is 8. The van der Waals surface area contributed by atoms with Crippen molar-refractivity contribution in [1.82, 2.24) is 0 Å². The van der Waals surface area contributed by atoms with E-state index in [1.807, 2.05) is 0 Å². The van der Waals surface area contributed by atoms with E-state index >= 15 is 0 Å². The Labute approximate surface area is 221 Å². The van der Waals surface area contributed by atoms with E-state index in [0.717, 1.165) is 11.8 Å². The summed E-state index contributed by atoms with van der Waals surface area (Å²) >= 11 is 0. The van der Waals surface area contributed by atoms with Crippen molar-refractivity contribution in [3.05, 3.63) is 59.4 Å². The van der Waals surface area contributed by atoms with Crippen molar-refractivity contribution in [1.29, 1.82) is 0 Å². The predicted molar refractivity (Wildman–Crippen MR) is 105 cm³/mol. The molecule has 4 aliphatic rings. The van der Waals surface area contributed by atoms with Crippen LogP contribution in [0.3, 0.4) is 0 Å². The molecule has 0 amide bonds. The predicted octanol–water partition coefficient (Wildman–Crippen LogP) is 1.32. The molecule has 3 heteroatoms. The number of rotatable bonds is 4. The summed E-state index contributed by atoms with van der Waals surface area (Å²) in [6.07, 6.45) is 27.2. The average Bonchev–Trinajstić information content (AvgIpc) is 3.22. The van der Waals surface area contributed by atoms with Gasteiger partial charge in [0.15, 0.2) is 0 Å². The van der Waals surface area contributed by atoms with Crippen LogP contribution in [0.4, 0.5) is 0 Å². The van der Waals surface area contributed by atoms with Crippen LogP contribution < -0.4 is 48.0 Å². The first-order chi connectivity index (χ1) is 11.8. The maximum absolute atomic E-state index is 2.34. The summed E-state index contributed by atoms with van der Waals surface area (Å²) in [7, 11) is 0. The van der Waals surface area contributed by atoms with Gasteiger partial charge in [-0.1, -0.05) is 65.2 Å². The minimum Gasteiger partial charge on any atom is -1.00 e. The van der Waals surface area contributed by atoms with E-state index in [9.17, 15) is 0 Å². The van der Waals surface area contributed by atoms with E-state index in [2.05, 4.69) is 50.3 Å². The summed E-state index contributed by atoms with van der Waals surface area (Å²) in [4.78, 5) is 0. The average molecular weight is 668 g/mol. The first-order valence-corrected chi connectivity index (χ1v) is 10.3. The third kappa shape index (κ3) is 7.66. The molecule has 0 heterocycles. The largest absolute Gasteiger partial charge is 4.00 e. The van der Waals surface area contributed by atoms with Gasteiger partial charge in [-0.05, 0) is 24.7 Å². The Hall–Kier alpha value is 1.04. The van der Waals surface area contributed by atoms with Crippen molar-refractivity contribution in [2.75, 3.05) is 0 Å². The molecule has 27 heavy (non-hydrogen) atoms. The molecule has 0 aromatic rings. The quantitative estimate of drug-likeness (QED) is 0.314. The molecule has 0 saturated heterocycles. The zero-order valence-electron chi connectivity index (χ0n) is 16.9. The molecule has 4 aliphatic carbocycles. The maximum atomic E-state index is 2.34. The second-order valence-corrected chi connectivity index (χ2v) is 7.75. The molecule has 0 spiro atoms. The topological polar surface area (TPSA) is 0 Å². The smallest absolute Gasteiger partial charge is 1.00 e. The summed E-state index contributed by atoms with van der Waals surface area (Å²) in [5, 5.41) is 0. The summed E-state index contributed by atoms with van der Waals surface area (Å²) in [5.74, 6) is 5.26. The summed E-state index contributed by atoms with van der Waals surface area (Å²) < 4.78 is 0. The molecule has 0 nitrogen and oxygen atoms in total. The van der Waals surface area contributed by atoms with Gasteiger partial charge in [-0.3, -0.25) is 0 Å². The molecule has 0 aromatic heterocycles. The fourth-order valence-electron chi connectivity index (χ4n) is 4.84. The van der Waals surface area contributed by atoms with Crippen molar-refractivity contribution in [2.24, 2.45) is 11.8 Å². The van der Waals surface area contributed by atoms with Crippen LogP contribution in [-0.4, -0.2) is 0 Å². The number of fused-ring (bicyclic) bond motifs is 2. The van der Waals surface area contributed by atoms with Crippen LogP contribution >= 0.6 is 0 Å². The van der Waals surface area contributed by atoms with Crippen LogP contribution in [0.5, 0.6) is 0 Å². The molecule has 2 fully saturated rings. The number of hydrogen-bond acceptors (Lipinski definition) is 0. The molecule has 0 bridgehead atoms. The third-order valence-corrected chi connectivity index (χ3v) is 6.05. The first kappa shape index (κ1) is 28.0. The summed E-state index contributed by atoms with van der Waals surface area (Å²) in [6, 6.07) is 0. The summed E-state index contributed by atoms with van der Waals surface area (Å²) in [5.41, 5.74) is 3.36. The standard InChI is InChI=1S/2C12H17.2HI.Zr/c2*1-2-5-10-8-9-11-6-3-4-7-12(10)11;;;/h2*3-4,7,11H,2,5-6,8-9H2,1H3;2*1H;/q2*-1;;;+4/p-2. The van der Waals surface area contributed by atoms with Crippen molar-refractivity contribution in [2.45, 2.75) is 78.1 Å². The molecule has 2 unspecified atom stereocenters. The van der Waals surface area contributed by atoms with Gasteiger partial charge in [0.25, 0.3) is 0 Å². The van der Waals surface area contributed by atoms with Crippen LogP contribution in [0.1, 0.15) is 78.1 Å². The van der Waals surface area contributed by atoms with Gasteiger partial charge in [0, 0.05) is 0 Å². The van der Waals surface area contributed by atoms with Crippen molar-refractivity contribution < 1.29 is 74.2 Å². The van der Waals surface area contributed by atoms with Gasteiger partial charge in [-0.25, -0.2) is 35.1 Å². The van der Waals surface area contributed by atoms with E-state index in [4.69, 9.17) is 0 Å². The number of hydrogen-bond donors (Lipinski definition) is 0. The van der Waals surface area contributed by atoms with Gasteiger partial charge in [0.05, 0.1) is 0 Å². The molecular formula is C24H34I2Zr. The molecule has 4 rings (SSSR count). The summed E-state index contributed by atoms with van der Waals surface area (Å²) in [6.45, 7) is 4.55. The van der Waals surface area contributed by atoms with Crippen LogP contribution in [0.15, 0.2) is 47.6 Å². The molecule has 0 radical (unpaired) electrons. The van der Waals surface area contributed by atoms with Crippen molar-refractivity contribution in [3.63, 3.8) is 0 Å². The second-order valence-electron chi connectivity index (χ2n) is 7.75. The van der Waals surface area contributed by atoms with Crippen LogP contribution in [0.25, 0.3) is 0 Å². The van der Waals surface area contributed by atoms with E-state index in [1.165, 1.54) is 64.2 Å². The Morgan fingerprint density at radius 1 is 0.778 bits per heavy atom. The molecule has 0 N–H and O–H groups in total.